The number of carbonyl (C=O) groups excluding carboxylic acids is 4. The fraction of sp³-hybridized carbons (Fsp3) is 0.273. The van der Waals surface area contributed by atoms with Gasteiger partial charge in [-0.2, -0.15) is 8.78 Å². The number of hydrogen-bond acceptors (Lipinski definition) is 4. The van der Waals surface area contributed by atoms with Gasteiger partial charge in [0.1, 0.15) is 6.04 Å². The summed E-state index contributed by atoms with van der Waals surface area (Å²) in [5.41, 5.74) is -0.172. The summed E-state index contributed by atoms with van der Waals surface area (Å²) in [6.07, 6.45) is 0. The third kappa shape index (κ3) is 4.60. The summed E-state index contributed by atoms with van der Waals surface area (Å²) in [5, 5.41) is -0.142. The molecule has 176 valence electrons. The molecule has 0 aliphatic carbocycles. The first-order valence-corrected chi connectivity index (χ1v) is 11.2. The van der Waals surface area contributed by atoms with Crippen LogP contribution in [0.4, 0.5) is 8.78 Å². The zero-order chi connectivity index (χ0) is 27.4. The SMILES string of the molecule is [B]C1C(=O)N([B])C(=O)C(N2Cc3cc(C([B])([B])NC(=O)C(F)(F)c4ccc(Cl)cc4)ccc3C2=O)C1[B]. The average molecular weight is 511 g/mol. The Bertz CT molecular complexity index is 1310. The minimum absolute atomic E-state index is 0.00671. The number of fused-ring (bicyclic) bond motifs is 1. The van der Waals surface area contributed by atoms with Gasteiger partial charge < -0.3 is 15.0 Å². The number of nitrogens with zero attached hydrogens (tertiary/aromatic N) is 2. The first-order chi connectivity index (χ1) is 17.2. The second-order valence-electron chi connectivity index (χ2n) is 8.80. The van der Waals surface area contributed by atoms with E-state index < -0.39 is 58.1 Å². The number of piperidine rings is 1. The van der Waals surface area contributed by atoms with Crippen molar-refractivity contribution in [2.75, 3.05) is 0 Å². The van der Waals surface area contributed by atoms with E-state index in [0.717, 1.165) is 17.0 Å². The fourth-order valence-electron chi connectivity index (χ4n) is 4.23. The molecule has 15 heteroatoms. The van der Waals surface area contributed by atoms with Gasteiger partial charge in [-0.05, 0) is 46.3 Å². The Kier molecular flexibility index (Phi) is 6.86. The van der Waals surface area contributed by atoms with Crippen molar-refractivity contribution in [1.82, 2.24) is 15.0 Å². The smallest absolute Gasteiger partial charge is 0.349 e. The molecule has 1 N–H and O–H groups in total. The molecule has 2 aromatic carbocycles. The molecule has 37 heavy (non-hydrogen) atoms. The summed E-state index contributed by atoms with van der Waals surface area (Å²) in [7, 11) is 29.2. The lowest BCUT2D eigenvalue weighted by Crippen LogP contribution is -2.58. The molecule has 2 heterocycles. The van der Waals surface area contributed by atoms with E-state index in [9.17, 15) is 28.0 Å². The van der Waals surface area contributed by atoms with Crippen LogP contribution in [0.5, 0.6) is 0 Å². The highest BCUT2D eigenvalue weighted by molar-refractivity contribution is 6.41. The molecule has 7 nitrogen and oxygen atoms in total. The average Bonchev–Trinajstić information content (AvgIpc) is 3.17. The Balaban J connectivity index is 1.57. The summed E-state index contributed by atoms with van der Waals surface area (Å²) in [6, 6.07) is 6.97. The number of nitrogens with one attached hydrogen (secondary N) is 1. The van der Waals surface area contributed by atoms with E-state index in [0.29, 0.717) is 10.4 Å². The number of amides is 4. The summed E-state index contributed by atoms with van der Waals surface area (Å²) >= 11 is 5.71. The Morgan fingerprint density at radius 1 is 1.00 bits per heavy atom. The van der Waals surface area contributed by atoms with E-state index >= 15 is 0 Å². The number of alkyl halides is 2. The van der Waals surface area contributed by atoms with Crippen LogP contribution in [0.25, 0.3) is 0 Å². The topological polar surface area (TPSA) is 86.8 Å². The van der Waals surface area contributed by atoms with E-state index in [1.54, 1.807) is 0 Å². The summed E-state index contributed by atoms with van der Waals surface area (Å²) in [6.45, 7) is -0.175. The largest absolute Gasteiger partial charge is 0.358 e. The van der Waals surface area contributed by atoms with Crippen LogP contribution in [0, 0.1) is 0 Å². The number of rotatable bonds is 5. The van der Waals surface area contributed by atoms with E-state index in [1.165, 1.54) is 30.3 Å². The predicted octanol–water partition coefficient (Wildman–Crippen LogP) is 0.386. The van der Waals surface area contributed by atoms with Crippen molar-refractivity contribution in [1.29, 1.82) is 0 Å². The van der Waals surface area contributed by atoms with Crippen LogP contribution in [-0.2, 0) is 32.2 Å². The molecule has 0 saturated carbocycles. The van der Waals surface area contributed by atoms with Gasteiger partial charge >= 0.3 is 5.92 Å². The van der Waals surface area contributed by atoms with Crippen molar-refractivity contribution >= 4 is 74.6 Å². The highest BCUT2D eigenvalue weighted by atomic mass is 35.5. The van der Waals surface area contributed by atoms with Gasteiger partial charge in [0.2, 0.25) is 19.8 Å². The van der Waals surface area contributed by atoms with Gasteiger partial charge in [0, 0.05) is 22.7 Å². The lowest BCUT2D eigenvalue weighted by molar-refractivity contribution is -0.147. The number of benzene rings is 2. The van der Waals surface area contributed by atoms with Crippen molar-refractivity contribution in [3.63, 3.8) is 0 Å². The lowest BCUT2D eigenvalue weighted by Gasteiger charge is -2.42. The molecule has 2 aliphatic rings. The Morgan fingerprint density at radius 3 is 2.22 bits per heavy atom. The monoisotopic (exact) mass is 511 g/mol. The van der Waals surface area contributed by atoms with Gasteiger partial charge in [0.15, 0.2) is 0 Å². The van der Waals surface area contributed by atoms with Gasteiger partial charge in [-0.15, -0.1) is 0 Å². The molecule has 0 spiro atoms. The van der Waals surface area contributed by atoms with Gasteiger partial charge in [-0.3, -0.25) is 19.2 Å². The van der Waals surface area contributed by atoms with Crippen molar-refractivity contribution in [2.45, 2.75) is 35.5 Å². The van der Waals surface area contributed by atoms with Crippen LogP contribution in [-0.4, -0.2) is 78.7 Å². The van der Waals surface area contributed by atoms with E-state index in [1.807, 2.05) is 5.32 Å². The van der Waals surface area contributed by atoms with Crippen LogP contribution in [0.3, 0.4) is 0 Å². The highest BCUT2D eigenvalue weighted by Crippen LogP contribution is 2.38. The third-order valence-electron chi connectivity index (χ3n) is 6.36. The number of carbonyl (C=O) groups is 4. The van der Waals surface area contributed by atoms with E-state index in [4.69, 9.17) is 51.0 Å². The van der Waals surface area contributed by atoms with Crippen molar-refractivity contribution in [3.8, 4) is 0 Å². The molecule has 1 fully saturated rings. The maximum Gasteiger partial charge on any atom is 0.349 e. The van der Waals surface area contributed by atoms with Crippen molar-refractivity contribution in [3.05, 3.63) is 69.7 Å². The second-order valence-corrected chi connectivity index (χ2v) is 9.24. The molecule has 3 unspecified atom stereocenters. The van der Waals surface area contributed by atoms with Crippen molar-refractivity contribution in [2.24, 2.45) is 0 Å². The van der Waals surface area contributed by atoms with Crippen molar-refractivity contribution < 1.29 is 28.0 Å². The molecular weight excluding hydrogens is 498 g/mol. The normalized spacial score (nSPS) is 22.2. The van der Waals surface area contributed by atoms with Crippen LogP contribution in [0.1, 0.15) is 27.0 Å². The van der Waals surface area contributed by atoms with Gasteiger partial charge in [0.05, 0.1) is 31.4 Å². The Labute approximate surface area is 222 Å². The molecule has 2 aromatic rings. The maximum absolute atomic E-state index is 14.7. The molecular formula is C22H13B5ClF2N3O4. The minimum atomic E-state index is -3.99. The number of hydrogen-bond donors (Lipinski definition) is 1. The standard InChI is InChI=1S/C22H13B5ClF2N3O4/c23-14-15(24)18(35)33(27)19(36)16(14)32-8-9-7-11(3-6-13(9)17(32)34)22(25,26)31-20(37)21(29,30)10-1-4-12(28)5-2-10/h1-7,14-16H,8H2,(H,31,37). The molecule has 0 bridgehead atoms. The predicted molar refractivity (Wildman–Crippen MR) is 133 cm³/mol. The van der Waals surface area contributed by atoms with Crippen LogP contribution in [0.15, 0.2) is 42.5 Å². The third-order valence-corrected chi connectivity index (χ3v) is 6.61. The summed E-state index contributed by atoms with van der Waals surface area (Å²) < 4.78 is 29.4. The number of halogens is 3. The first-order valence-electron chi connectivity index (χ1n) is 10.8. The Hall–Kier alpha value is -3.01. The molecule has 3 atom stereocenters. The molecule has 2 aliphatic heterocycles. The van der Waals surface area contributed by atoms with Crippen LogP contribution < -0.4 is 5.32 Å². The molecule has 4 rings (SSSR count). The minimum Gasteiger partial charge on any atom is -0.358 e. The molecule has 0 aromatic heterocycles. The molecule has 10 radical (unpaired) electrons. The van der Waals surface area contributed by atoms with Gasteiger partial charge in [-0.25, -0.2) is 0 Å². The highest BCUT2D eigenvalue weighted by Gasteiger charge is 2.48. The van der Waals surface area contributed by atoms with Gasteiger partial charge in [0.25, 0.3) is 11.8 Å². The van der Waals surface area contributed by atoms with E-state index in [-0.39, 0.29) is 22.7 Å². The zero-order valence-corrected chi connectivity index (χ0v) is 19.8. The maximum atomic E-state index is 14.7. The van der Waals surface area contributed by atoms with Crippen LogP contribution in [0.2, 0.25) is 16.7 Å². The first kappa shape index (κ1) is 27.0. The van der Waals surface area contributed by atoms with Gasteiger partial charge in [-0.1, -0.05) is 35.9 Å². The summed E-state index contributed by atoms with van der Waals surface area (Å²) in [4.78, 5) is 51.5. The fourth-order valence-corrected chi connectivity index (χ4v) is 4.36. The summed E-state index contributed by atoms with van der Waals surface area (Å²) in [5.74, 6) is -10.7. The van der Waals surface area contributed by atoms with E-state index in [2.05, 4.69) is 0 Å². The zero-order valence-electron chi connectivity index (χ0n) is 19.0. The molecule has 4 amide bonds. The quantitative estimate of drug-likeness (QED) is 0.466. The van der Waals surface area contributed by atoms with Crippen LogP contribution >= 0.6 is 11.6 Å². The Morgan fingerprint density at radius 2 is 1.59 bits per heavy atom. The number of imide groups is 1. The lowest BCUT2D eigenvalue weighted by atomic mass is 9.57. The molecule has 1 saturated heterocycles. The second kappa shape index (κ2) is 9.38.